The highest BCUT2D eigenvalue weighted by Gasteiger charge is 2.31. The van der Waals surface area contributed by atoms with Crippen molar-refractivity contribution < 1.29 is 14.3 Å². The van der Waals surface area contributed by atoms with Crippen LogP contribution in [0.15, 0.2) is 36.1 Å². The van der Waals surface area contributed by atoms with Crippen LogP contribution in [0.4, 0.5) is 0 Å². The molecule has 108 valence electrons. The Balaban J connectivity index is 2.18. The molecule has 0 spiro atoms. The Labute approximate surface area is 125 Å². The van der Waals surface area contributed by atoms with E-state index in [1.165, 1.54) is 13.2 Å². The average Bonchev–Trinajstić information content (AvgIpc) is 2.90. The summed E-state index contributed by atoms with van der Waals surface area (Å²) in [5.41, 5.74) is 2.76. The Hall–Kier alpha value is -2.95. The summed E-state index contributed by atoms with van der Waals surface area (Å²) < 4.78 is 4.98. The van der Waals surface area contributed by atoms with Gasteiger partial charge in [0, 0.05) is 28.1 Å². The van der Waals surface area contributed by atoms with E-state index in [0.29, 0.717) is 16.8 Å². The van der Waals surface area contributed by atoms with Crippen molar-refractivity contribution in [1.82, 2.24) is 9.97 Å². The monoisotopic (exact) mass is 292 g/mol. The van der Waals surface area contributed by atoms with Gasteiger partial charge < -0.3 is 9.72 Å². The zero-order chi connectivity index (χ0) is 15.4. The predicted octanol–water partition coefficient (Wildman–Crippen LogP) is 2.93. The first-order chi connectivity index (χ1) is 10.6. The Kier molecular flexibility index (Phi) is 2.48. The first-order valence-electron chi connectivity index (χ1n) is 6.87. The van der Waals surface area contributed by atoms with Crippen LogP contribution >= 0.6 is 0 Å². The number of hydrogen-bond donors (Lipinski definition) is 1. The fraction of sp³-hybridized carbons (Fsp3) is 0.118. The number of ketones is 2. The van der Waals surface area contributed by atoms with Gasteiger partial charge in [-0.3, -0.25) is 9.59 Å². The van der Waals surface area contributed by atoms with E-state index < -0.39 is 0 Å². The molecule has 0 saturated heterocycles. The maximum Gasteiger partial charge on any atom is 0.246 e. The molecule has 5 heteroatoms. The summed E-state index contributed by atoms with van der Waals surface area (Å²) in [6.45, 7) is 1.84. The number of aromatic amines is 1. The molecule has 0 unspecified atom stereocenters. The van der Waals surface area contributed by atoms with Crippen molar-refractivity contribution >= 4 is 33.4 Å². The molecule has 0 radical (unpaired) electrons. The number of benzene rings is 1. The van der Waals surface area contributed by atoms with Gasteiger partial charge in [-0.15, -0.1) is 0 Å². The molecular formula is C17H12N2O3. The lowest BCUT2D eigenvalue weighted by Crippen LogP contribution is -2.20. The van der Waals surface area contributed by atoms with Gasteiger partial charge in [0.1, 0.15) is 5.69 Å². The van der Waals surface area contributed by atoms with Crippen LogP contribution in [0.3, 0.4) is 0 Å². The first kappa shape index (κ1) is 12.8. The summed E-state index contributed by atoms with van der Waals surface area (Å²) in [5, 5.41) is 1.87. The smallest absolute Gasteiger partial charge is 0.246 e. The number of methoxy groups -OCH3 is 1. The highest BCUT2D eigenvalue weighted by atomic mass is 16.5. The van der Waals surface area contributed by atoms with Crippen LogP contribution in [0.5, 0.6) is 0 Å². The number of H-pyrrole nitrogens is 1. The molecule has 0 atom stereocenters. The second kappa shape index (κ2) is 4.27. The molecule has 0 fully saturated rings. The van der Waals surface area contributed by atoms with Gasteiger partial charge in [-0.2, -0.15) is 0 Å². The number of pyridine rings is 1. The van der Waals surface area contributed by atoms with E-state index in [0.717, 1.165) is 16.3 Å². The van der Waals surface area contributed by atoms with Gasteiger partial charge in [-0.05, 0) is 13.0 Å². The number of hydrogen-bond acceptors (Lipinski definition) is 4. The number of aryl methyl sites for hydroxylation is 1. The van der Waals surface area contributed by atoms with Crippen LogP contribution < -0.4 is 0 Å². The third-order valence-corrected chi connectivity index (χ3v) is 4.00. The van der Waals surface area contributed by atoms with E-state index >= 15 is 0 Å². The fourth-order valence-electron chi connectivity index (χ4n) is 3.03. The molecule has 22 heavy (non-hydrogen) atoms. The number of carbonyl (C=O) groups excluding carboxylic acids is 2. The molecular weight excluding hydrogens is 280 g/mol. The summed E-state index contributed by atoms with van der Waals surface area (Å²) in [7, 11) is 1.37. The van der Waals surface area contributed by atoms with Gasteiger partial charge >= 0.3 is 0 Å². The largest absolute Gasteiger partial charge is 0.492 e. The van der Waals surface area contributed by atoms with Gasteiger partial charge in [-0.1, -0.05) is 18.2 Å². The lowest BCUT2D eigenvalue weighted by atomic mass is 9.95. The van der Waals surface area contributed by atoms with E-state index in [-0.39, 0.29) is 23.0 Å². The second-order valence-corrected chi connectivity index (χ2v) is 5.25. The molecule has 1 aliphatic carbocycles. The number of rotatable bonds is 1. The van der Waals surface area contributed by atoms with Crippen molar-refractivity contribution in [3.05, 3.63) is 53.1 Å². The molecule has 1 aromatic carbocycles. The Morgan fingerprint density at radius 3 is 2.73 bits per heavy atom. The number of nitrogens with zero attached hydrogens (tertiary/aromatic N) is 1. The SMILES string of the molecule is COC1=CC(=O)c2c(nc(C)c3c2[nH]c2ccccc23)C1=O. The van der Waals surface area contributed by atoms with Crippen LogP contribution in [0.2, 0.25) is 0 Å². The van der Waals surface area contributed by atoms with Gasteiger partial charge in [0.15, 0.2) is 11.5 Å². The van der Waals surface area contributed by atoms with Crippen LogP contribution in [0.1, 0.15) is 26.5 Å². The summed E-state index contributed by atoms with van der Waals surface area (Å²) >= 11 is 0. The second-order valence-electron chi connectivity index (χ2n) is 5.25. The molecule has 0 aliphatic heterocycles. The molecule has 0 bridgehead atoms. The van der Waals surface area contributed by atoms with E-state index in [9.17, 15) is 9.59 Å². The van der Waals surface area contributed by atoms with Gasteiger partial charge in [0.2, 0.25) is 5.78 Å². The van der Waals surface area contributed by atoms with Gasteiger partial charge in [-0.25, -0.2) is 4.98 Å². The third-order valence-electron chi connectivity index (χ3n) is 4.00. The predicted molar refractivity (Wildman–Crippen MR) is 82.1 cm³/mol. The van der Waals surface area contributed by atoms with Gasteiger partial charge in [0.05, 0.1) is 18.2 Å². The van der Waals surface area contributed by atoms with Crippen LogP contribution in [-0.2, 0) is 4.74 Å². The number of ether oxygens (including phenoxy) is 1. The molecule has 5 nitrogen and oxygen atoms in total. The quantitative estimate of drug-likeness (QED) is 0.748. The van der Waals surface area contributed by atoms with Crippen LogP contribution in [0, 0.1) is 6.92 Å². The zero-order valence-electron chi connectivity index (χ0n) is 12.1. The minimum atomic E-state index is -0.360. The first-order valence-corrected chi connectivity index (χ1v) is 6.87. The van der Waals surface area contributed by atoms with Gasteiger partial charge in [0.25, 0.3) is 0 Å². The van der Waals surface area contributed by atoms with Crippen molar-refractivity contribution in [1.29, 1.82) is 0 Å². The van der Waals surface area contributed by atoms with E-state index in [2.05, 4.69) is 9.97 Å². The zero-order valence-corrected chi connectivity index (χ0v) is 12.1. The van der Waals surface area contributed by atoms with E-state index in [1.807, 2.05) is 31.2 Å². The molecule has 2 aromatic heterocycles. The van der Waals surface area contributed by atoms with Crippen LogP contribution in [0.25, 0.3) is 21.8 Å². The lowest BCUT2D eigenvalue weighted by molar-refractivity contribution is 0.0912. The van der Waals surface area contributed by atoms with Crippen molar-refractivity contribution in [3.8, 4) is 0 Å². The normalized spacial score (nSPS) is 14.4. The van der Waals surface area contributed by atoms with Crippen LogP contribution in [-0.4, -0.2) is 28.6 Å². The highest BCUT2D eigenvalue weighted by molar-refractivity contribution is 6.28. The lowest BCUT2D eigenvalue weighted by Gasteiger charge is -2.15. The summed E-state index contributed by atoms with van der Waals surface area (Å²) in [6.07, 6.45) is 1.23. The molecule has 2 heterocycles. The number of Topliss-reactive ketones (excluding diaryl/α,β-unsaturated/α-hetero) is 1. The number of para-hydroxylation sites is 1. The molecule has 0 amide bonds. The van der Waals surface area contributed by atoms with E-state index in [4.69, 9.17) is 4.74 Å². The Morgan fingerprint density at radius 2 is 1.95 bits per heavy atom. The third kappa shape index (κ3) is 1.50. The maximum atomic E-state index is 12.4. The number of carbonyl (C=O) groups is 2. The van der Waals surface area contributed by atoms with Crippen molar-refractivity contribution in [2.45, 2.75) is 6.92 Å². The minimum Gasteiger partial charge on any atom is -0.492 e. The summed E-state index contributed by atoms with van der Waals surface area (Å²) in [6, 6.07) is 7.76. The van der Waals surface area contributed by atoms with Crippen molar-refractivity contribution in [3.63, 3.8) is 0 Å². The minimum absolute atomic E-state index is 0.0276. The molecule has 0 saturated carbocycles. The molecule has 3 aromatic rings. The Morgan fingerprint density at radius 1 is 1.18 bits per heavy atom. The molecule has 1 aliphatic rings. The topological polar surface area (TPSA) is 72.0 Å². The van der Waals surface area contributed by atoms with Crippen molar-refractivity contribution in [2.75, 3.05) is 7.11 Å². The molecule has 1 N–H and O–H groups in total. The average molecular weight is 292 g/mol. The Bertz CT molecular complexity index is 1010. The number of nitrogens with one attached hydrogen (secondary N) is 1. The summed E-state index contributed by atoms with van der Waals surface area (Å²) in [5.74, 6) is -0.601. The van der Waals surface area contributed by atoms with Crippen molar-refractivity contribution in [2.24, 2.45) is 0 Å². The maximum absolute atomic E-state index is 12.4. The summed E-state index contributed by atoms with van der Waals surface area (Å²) in [4.78, 5) is 32.4. The number of aromatic nitrogens is 2. The number of allylic oxidation sites excluding steroid dienone is 2. The fourth-order valence-corrected chi connectivity index (χ4v) is 3.03. The standard InChI is InChI=1S/C17H12N2O3/c1-8-13-9-5-3-4-6-10(9)19-15(13)14-11(20)7-12(22-2)17(21)16(14)18-8/h3-7,19H,1-2H3. The number of fused-ring (bicyclic) bond motifs is 5. The molecule has 4 rings (SSSR count). The highest BCUT2D eigenvalue weighted by Crippen LogP contribution is 2.33. The van der Waals surface area contributed by atoms with E-state index in [1.54, 1.807) is 0 Å².